The Bertz CT molecular complexity index is 622. The lowest BCUT2D eigenvalue weighted by molar-refractivity contribution is 0.318. The largest absolute Gasteiger partial charge is 0.507 e. The van der Waals surface area contributed by atoms with Crippen molar-refractivity contribution >= 4 is 5.90 Å². The van der Waals surface area contributed by atoms with E-state index in [1.165, 1.54) is 12.1 Å². The van der Waals surface area contributed by atoms with Crippen LogP contribution < -0.4 is 0 Å². The summed E-state index contributed by atoms with van der Waals surface area (Å²) in [6.07, 6.45) is 0. The summed E-state index contributed by atoms with van der Waals surface area (Å²) in [7, 11) is 0. The molecule has 1 N–H and O–H groups in total. The number of aliphatic imine (C=N–C) groups is 1. The van der Waals surface area contributed by atoms with Crippen LogP contribution in [-0.2, 0) is 4.74 Å². The summed E-state index contributed by atoms with van der Waals surface area (Å²) in [6.45, 7) is 0.398. The SMILES string of the molecule is Oc1ccccc1C1=N[C@@H](c2ccc(F)cc2)CO1. The van der Waals surface area contributed by atoms with E-state index in [-0.39, 0.29) is 17.6 Å². The molecule has 1 atom stereocenters. The molecule has 3 rings (SSSR count). The van der Waals surface area contributed by atoms with Crippen molar-refractivity contribution in [2.75, 3.05) is 6.61 Å². The molecule has 3 nitrogen and oxygen atoms in total. The van der Waals surface area contributed by atoms with Crippen LogP contribution in [0.1, 0.15) is 17.2 Å². The monoisotopic (exact) mass is 257 g/mol. The Labute approximate surface area is 110 Å². The summed E-state index contributed by atoms with van der Waals surface area (Å²) in [5.74, 6) is 0.293. The van der Waals surface area contributed by atoms with Gasteiger partial charge in [0.2, 0.25) is 5.90 Å². The molecular formula is C15H12FNO2. The molecule has 2 aromatic carbocycles. The van der Waals surface area contributed by atoms with Gasteiger partial charge in [0.15, 0.2) is 0 Å². The summed E-state index contributed by atoms with van der Waals surface area (Å²) < 4.78 is 18.4. The number of phenolic OH excluding ortho intramolecular Hbond substituents is 1. The maximum absolute atomic E-state index is 12.9. The van der Waals surface area contributed by atoms with Crippen molar-refractivity contribution in [3.8, 4) is 5.75 Å². The van der Waals surface area contributed by atoms with Gasteiger partial charge in [0.1, 0.15) is 24.2 Å². The first kappa shape index (κ1) is 11.7. The van der Waals surface area contributed by atoms with Crippen molar-refractivity contribution in [1.29, 1.82) is 0 Å². The van der Waals surface area contributed by atoms with E-state index in [1.54, 1.807) is 30.3 Å². The molecular weight excluding hydrogens is 245 g/mol. The summed E-state index contributed by atoms with van der Waals surface area (Å²) in [4.78, 5) is 4.43. The maximum Gasteiger partial charge on any atom is 0.220 e. The molecule has 1 heterocycles. The van der Waals surface area contributed by atoms with Gasteiger partial charge in [-0.15, -0.1) is 0 Å². The van der Waals surface area contributed by atoms with Gasteiger partial charge in [0, 0.05) is 0 Å². The zero-order valence-corrected chi connectivity index (χ0v) is 10.1. The topological polar surface area (TPSA) is 41.8 Å². The van der Waals surface area contributed by atoms with Crippen LogP contribution in [0.5, 0.6) is 5.75 Å². The van der Waals surface area contributed by atoms with Crippen molar-refractivity contribution in [2.24, 2.45) is 4.99 Å². The first-order valence-electron chi connectivity index (χ1n) is 5.98. The van der Waals surface area contributed by atoms with Crippen LogP contribution in [0, 0.1) is 5.82 Å². The summed E-state index contributed by atoms with van der Waals surface area (Å²) in [5.41, 5.74) is 1.47. The highest BCUT2D eigenvalue weighted by molar-refractivity contribution is 5.97. The Morgan fingerprint density at radius 1 is 1.11 bits per heavy atom. The van der Waals surface area contributed by atoms with Gasteiger partial charge in [-0.05, 0) is 29.8 Å². The van der Waals surface area contributed by atoms with E-state index in [0.717, 1.165) is 5.56 Å². The normalized spacial score (nSPS) is 17.9. The average molecular weight is 257 g/mol. The smallest absolute Gasteiger partial charge is 0.220 e. The van der Waals surface area contributed by atoms with E-state index >= 15 is 0 Å². The van der Waals surface area contributed by atoms with Gasteiger partial charge in [-0.25, -0.2) is 9.38 Å². The maximum atomic E-state index is 12.9. The summed E-state index contributed by atoms with van der Waals surface area (Å²) in [5, 5.41) is 9.75. The van der Waals surface area contributed by atoms with Crippen molar-refractivity contribution in [3.05, 3.63) is 65.5 Å². The third kappa shape index (κ3) is 2.29. The second-order valence-corrected chi connectivity index (χ2v) is 4.33. The number of halogens is 1. The number of nitrogens with zero attached hydrogens (tertiary/aromatic N) is 1. The highest BCUT2D eigenvalue weighted by Crippen LogP contribution is 2.28. The lowest BCUT2D eigenvalue weighted by Crippen LogP contribution is -2.01. The quantitative estimate of drug-likeness (QED) is 0.898. The van der Waals surface area contributed by atoms with Crippen LogP contribution in [0.3, 0.4) is 0 Å². The van der Waals surface area contributed by atoms with E-state index in [1.807, 2.05) is 6.07 Å². The lowest BCUT2D eigenvalue weighted by Gasteiger charge is -2.04. The molecule has 0 saturated carbocycles. The predicted octanol–water partition coefficient (Wildman–Crippen LogP) is 3.05. The number of hydrogen-bond acceptors (Lipinski definition) is 3. The summed E-state index contributed by atoms with van der Waals surface area (Å²) >= 11 is 0. The molecule has 0 aromatic heterocycles. The highest BCUT2D eigenvalue weighted by atomic mass is 19.1. The molecule has 0 spiro atoms. The summed E-state index contributed by atoms with van der Waals surface area (Å²) in [6, 6.07) is 12.9. The van der Waals surface area contributed by atoms with Gasteiger partial charge in [0.05, 0.1) is 5.56 Å². The Kier molecular flexibility index (Phi) is 2.91. The zero-order valence-electron chi connectivity index (χ0n) is 10.1. The van der Waals surface area contributed by atoms with E-state index in [4.69, 9.17) is 4.74 Å². The second kappa shape index (κ2) is 4.72. The molecule has 1 aliphatic rings. The zero-order chi connectivity index (χ0) is 13.2. The van der Waals surface area contributed by atoms with Crippen molar-refractivity contribution in [3.63, 3.8) is 0 Å². The van der Waals surface area contributed by atoms with E-state index < -0.39 is 0 Å². The Balaban J connectivity index is 1.89. The van der Waals surface area contributed by atoms with Crippen molar-refractivity contribution < 1.29 is 14.2 Å². The van der Waals surface area contributed by atoms with Gasteiger partial charge in [-0.3, -0.25) is 0 Å². The van der Waals surface area contributed by atoms with Gasteiger partial charge < -0.3 is 9.84 Å². The number of para-hydroxylation sites is 1. The molecule has 0 saturated heterocycles. The second-order valence-electron chi connectivity index (χ2n) is 4.33. The predicted molar refractivity (Wildman–Crippen MR) is 69.7 cm³/mol. The minimum atomic E-state index is -0.271. The molecule has 96 valence electrons. The van der Waals surface area contributed by atoms with E-state index in [2.05, 4.69) is 4.99 Å². The lowest BCUT2D eigenvalue weighted by atomic mass is 10.1. The van der Waals surface area contributed by atoms with Gasteiger partial charge in [0.25, 0.3) is 0 Å². The number of aromatic hydroxyl groups is 1. The average Bonchev–Trinajstić information content (AvgIpc) is 2.89. The standard InChI is InChI=1S/C15H12FNO2/c16-11-7-5-10(6-8-11)13-9-19-15(17-13)12-3-1-2-4-14(12)18/h1-8,13,18H,9H2/t13-/m1/s1. The third-order valence-corrected chi connectivity index (χ3v) is 3.04. The molecule has 0 aliphatic carbocycles. The minimum Gasteiger partial charge on any atom is -0.507 e. The van der Waals surface area contributed by atoms with Gasteiger partial charge >= 0.3 is 0 Å². The Morgan fingerprint density at radius 2 is 1.84 bits per heavy atom. The number of ether oxygens (including phenoxy) is 1. The fourth-order valence-electron chi connectivity index (χ4n) is 2.03. The number of rotatable bonds is 2. The van der Waals surface area contributed by atoms with Gasteiger partial charge in [-0.2, -0.15) is 0 Å². The Morgan fingerprint density at radius 3 is 2.58 bits per heavy atom. The Hall–Kier alpha value is -2.36. The van der Waals surface area contributed by atoms with Crippen molar-refractivity contribution in [1.82, 2.24) is 0 Å². The van der Waals surface area contributed by atoms with Crippen molar-refractivity contribution in [2.45, 2.75) is 6.04 Å². The first-order chi connectivity index (χ1) is 9.24. The number of phenols is 1. The van der Waals surface area contributed by atoms with E-state index in [0.29, 0.717) is 18.1 Å². The molecule has 1 aliphatic heterocycles. The molecule has 2 aromatic rings. The fraction of sp³-hybridized carbons (Fsp3) is 0.133. The van der Waals surface area contributed by atoms with Gasteiger partial charge in [-0.1, -0.05) is 24.3 Å². The third-order valence-electron chi connectivity index (χ3n) is 3.04. The molecule has 4 heteroatoms. The molecule has 19 heavy (non-hydrogen) atoms. The number of hydrogen-bond donors (Lipinski definition) is 1. The fourth-order valence-corrected chi connectivity index (χ4v) is 2.03. The first-order valence-corrected chi connectivity index (χ1v) is 5.98. The van der Waals surface area contributed by atoms with Crippen LogP contribution in [0.15, 0.2) is 53.5 Å². The molecule has 0 fully saturated rings. The molecule has 0 amide bonds. The number of benzene rings is 2. The van der Waals surface area contributed by atoms with Crippen LogP contribution in [0.4, 0.5) is 4.39 Å². The van der Waals surface area contributed by atoms with E-state index in [9.17, 15) is 9.50 Å². The van der Waals surface area contributed by atoms with Crippen LogP contribution in [-0.4, -0.2) is 17.6 Å². The molecule has 0 bridgehead atoms. The minimum absolute atomic E-state index is 0.140. The molecule has 0 unspecified atom stereocenters. The van der Waals surface area contributed by atoms with Crippen LogP contribution in [0.25, 0.3) is 0 Å². The van der Waals surface area contributed by atoms with Crippen LogP contribution in [0.2, 0.25) is 0 Å². The molecule has 0 radical (unpaired) electrons. The highest BCUT2D eigenvalue weighted by Gasteiger charge is 2.23. The van der Waals surface area contributed by atoms with Crippen LogP contribution >= 0.6 is 0 Å².